The van der Waals surface area contributed by atoms with Crippen LogP contribution in [-0.4, -0.2) is 9.97 Å². The number of hydrogen-bond donors (Lipinski definition) is 1. The zero-order valence-electron chi connectivity index (χ0n) is 22.4. The van der Waals surface area contributed by atoms with Crippen LogP contribution in [0.3, 0.4) is 0 Å². The van der Waals surface area contributed by atoms with Gasteiger partial charge in [0, 0.05) is 16.8 Å². The highest BCUT2D eigenvalue weighted by Gasteiger charge is 2.16. The lowest BCUT2D eigenvalue weighted by molar-refractivity contribution is 0.740. The quantitative estimate of drug-likeness (QED) is 0.248. The first-order valence-corrected chi connectivity index (χ1v) is 13.8. The Morgan fingerprint density at radius 3 is 2.15 bits per heavy atom. The number of aromatic nitrogens is 2. The summed E-state index contributed by atoms with van der Waals surface area (Å²) in [5.74, 6) is 1.31. The Labute approximate surface area is 234 Å². The van der Waals surface area contributed by atoms with E-state index in [1.807, 2.05) is 42.5 Å². The summed E-state index contributed by atoms with van der Waals surface area (Å²) in [6.45, 7) is 2.27. The molecule has 0 spiro atoms. The van der Waals surface area contributed by atoms with Crippen LogP contribution in [-0.2, 0) is 0 Å². The molecule has 192 valence electrons. The van der Waals surface area contributed by atoms with E-state index < -0.39 is 0 Å². The highest BCUT2D eigenvalue weighted by Crippen LogP contribution is 2.39. The lowest BCUT2D eigenvalue weighted by Crippen LogP contribution is -2.02. The summed E-state index contributed by atoms with van der Waals surface area (Å²) in [4.78, 5) is 10.1. The predicted molar refractivity (Wildman–Crippen MR) is 169 cm³/mol. The van der Waals surface area contributed by atoms with Crippen molar-refractivity contribution in [2.45, 2.75) is 13.3 Å². The molecular formula is C37H29N3. The van der Waals surface area contributed by atoms with Gasteiger partial charge in [-0.3, -0.25) is 0 Å². The molecule has 0 bridgehead atoms. The number of fused-ring (bicyclic) bond motifs is 2. The minimum Gasteiger partial charge on any atom is -0.338 e. The van der Waals surface area contributed by atoms with Gasteiger partial charge < -0.3 is 5.32 Å². The summed E-state index contributed by atoms with van der Waals surface area (Å²) in [5.41, 5.74) is 9.44. The van der Waals surface area contributed by atoms with Crippen LogP contribution in [0.1, 0.15) is 18.9 Å². The molecule has 3 heteroatoms. The highest BCUT2D eigenvalue weighted by atomic mass is 15.0. The van der Waals surface area contributed by atoms with Crippen molar-refractivity contribution in [3.8, 4) is 22.4 Å². The highest BCUT2D eigenvalue weighted by molar-refractivity contribution is 6.04. The van der Waals surface area contributed by atoms with Crippen molar-refractivity contribution in [2.75, 3.05) is 5.32 Å². The molecule has 0 aliphatic heterocycles. The molecule has 1 aliphatic carbocycles. The van der Waals surface area contributed by atoms with Gasteiger partial charge in [-0.05, 0) is 58.0 Å². The summed E-state index contributed by atoms with van der Waals surface area (Å²) in [7, 11) is 0. The van der Waals surface area contributed by atoms with Gasteiger partial charge in [0.2, 0.25) is 0 Å². The molecule has 1 heterocycles. The van der Waals surface area contributed by atoms with E-state index in [1.54, 1.807) is 0 Å². The van der Waals surface area contributed by atoms with Gasteiger partial charge in [-0.15, -0.1) is 0 Å². The Kier molecular flexibility index (Phi) is 6.18. The van der Waals surface area contributed by atoms with Crippen molar-refractivity contribution in [1.29, 1.82) is 0 Å². The third kappa shape index (κ3) is 4.56. The van der Waals surface area contributed by atoms with Gasteiger partial charge in [0.25, 0.3) is 0 Å². The van der Waals surface area contributed by atoms with Crippen LogP contribution in [0, 0.1) is 5.92 Å². The first-order chi connectivity index (χ1) is 19.7. The zero-order valence-corrected chi connectivity index (χ0v) is 22.4. The zero-order chi connectivity index (χ0) is 26.9. The Balaban J connectivity index is 1.37. The van der Waals surface area contributed by atoms with Crippen molar-refractivity contribution in [1.82, 2.24) is 9.97 Å². The second-order valence-electron chi connectivity index (χ2n) is 10.4. The van der Waals surface area contributed by atoms with Gasteiger partial charge in [0.05, 0.1) is 11.0 Å². The SMILES string of the molecule is CC1C=C(c2ccc(-c3c(Nc4nc5ccccc5nc4-c4ccccc4)ccc4ccccc34)cc2)C=CC1. The Morgan fingerprint density at radius 2 is 1.35 bits per heavy atom. The molecule has 7 rings (SSSR count). The van der Waals surface area contributed by atoms with E-state index in [2.05, 4.69) is 103 Å². The van der Waals surface area contributed by atoms with Gasteiger partial charge >= 0.3 is 0 Å². The maximum Gasteiger partial charge on any atom is 0.157 e. The molecule has 1 aliphatic rings. The van der Waals surface area contributed by atoms with Gasteiger partial charge in [-0.25, -0.2) is 9.97 Å². The van der Waals surface area contributed by atoms with E-state index in [0.29, 0.717) is 5.92 Å². The molecule has 0 saturated carbocycles. The monoisotopic (exact) mass is 515 g/mol. The second-order valence-corrected chi connectivity index (χ2v) is 10.4. The minimum absolute atomic E-state index is 0.565. The first kappa shape index (κ1) is 24.1. The lowest BCUT2D eigenvalue weighted by atomic mass is 9.91. The molecule has 0 radical (unpaired) electrons. The number of hydrogen-bond acceptors (Lipinski definition) is 3. The molecule has 6 aromatic rings. The van der Waals surface area contributed by atoms with Gasteiger partial charge in [-0.1, -0.05) is 122 Å². The van der Waals surface area contributed by atoms with Crippen molar-refractivity contribution >= 4 is 38.9 Å². The second kappa shape index (κ2) is 10.3. The van der Waals surface area contributed by atoms with Crippen molar-refractivity contribution in [3.63, 3.8) is 0 Å². The number of para-hydroxylation sites is 2. The van der Waals surface area contributed by atoms with Crippen LogP contribution in [0.5, 0.6) is 0 Å². The summed E-state index contributed by atoms with van der Waals surface area (Å²) in [6, 6.07) is 40.1. The fourth-order valence-corrected chi connectivity index (χ4v) is 5.56. The summed E-state index contributed by atoms with van der Waals surface area (Å²) in [6.07, 6.45) is 7.98. The number of nitrogens with one attached hydrogen (secondary N) is 1. The molecule has 3 nitrogen and oxygen atoms in total. The largest absolute Gasteiger partial charge is 0.338 e. The van der Waals surface area contributed by atoms with Crippen LogP contribution < -0.4 is 5.32 Å². The molecule has 1 atom stereocenters. The van der Waals surface area contributed by atoms with E-state index in [0.717, 1.165) is 51.3 Å². The first-order valence-electron chi connectivity index (χ1n) is 13.8. The van der Waals surface area contributed by atoms with Crippen molar-refractivity contribution in [2.24, 2.45) is 5.92 Å². The Morgan fingerprint density at radius 1 is 0.650 bits per heavy atom. The predicted octanol–water partition coefficient (Wildman–Crippen LogP) is 9.84. The fraction of sp³-hybridized carbons (Fsp3) is 0.0811. The van der Waals surface area contributed by atoms with Crippen LogP contribution in [0.25, 0.3) is 49.8 Å². The topological polar surface area (TPSA) is 37.8 Å². The molecule has 40 heavy (non-hydrogen) atoms. The lowest BCUT2D eigenvalue weighted by Gasteiger charge is -2.18. The molecule has 5 aromatic carbocycles. The van der Waals surface area contributed by atoms with Crippen molar-refractivity contribution < 1.29 is 0 Å². The molecule has 1 aromatic heterocycles. The third-order valence-corrected chi connectivity index (χ3v) is 7.58. The van der Waals surface area contributed by atoms with Gasteiger partial charge in [-0.2, -0.15) is 0 Å². The van der Waals surface area contributed by atoms with Gasteiger partial charge in [0.15, 0.2) is 5.82 Å². The molecular weight excluding hydrogens is 486 g/mol. The number of nitrogens with zero attached hydrogens (tertiary/aromatic N) is 2. The van der Waals surface area contributed by atoms with Crippen LogP contribution in [0.2, 0.25) is 0 Å². The van der Waals surface area contributed by atoms with E-state index in [4.69, 9.17) is 9.97 Å². The molecule has 0 amide bonds. The number of rotatable bonds is 5. The molecule has 1 unspecified atom stereocenters. The number of allylic oxidation sites excluding steroid dienone is 4. The summed E-state index contributed by atoms with van der Waals surface area (Å²) in [5, 5.41) is 6.11. The van der Waals surface area contributed by atoms with E-state index >= 15 is 0 Å². The third-order valence-electron chi connectivity index (χ3n) is 7.58. The maximum absolute atomic E-state index is 5.06. The van der Waals surface area contributed by atoms with Gasteiger partial charge in [0.1, 0.15) is 5.69 Å². The maximum atomic E-state index is 5.06. The van der Waals surface area contributed by atoms with E-state index in [-0.39, 0.29) is 0 Å². The Bertz CT molecular complexity index is 1900. The minimum atomic E-state index is 0.565. The van der Waals surface area contributed by atoms with Crippen LogP contribution in [0.15, 0.2) is 133 Å². The summed E-state index contributed by atoms with van der Waals surface area (Å²) < 4.78 is 0. The number of anilines is 2. The van der Waals surface area contributed by atoms with Crippen LogP contribution >= 0.6 is 0 Å². The smallest absolute Gasteiger partial charge is 0.157 e. The Hall–Kier alpha value is -5.02. The van der Waals surface area contributed by atoms with Crippen LogP contribution in [0.4, 0.5) is 11.5 Å². The summed E-state index contributed by atoms with van der Waals surface area (Å²) >= 11 is 0. The number of benzene rings is 5. The van der Waals surface area contributed by atoms with Crippen molar-refractivity contribution in [3.05, 3.63) is 139 Å². The molecule has 0 saturated heterocycles. The standard InChI is InChI=1S/C37H29N3/c1-25-10-9-14-30(24-25)26-18-20-28(21-19-26)35-31-15-6-5-11-27(31)22-23-34(35)40-37-36(29-12-3-2-4-13-29)38-32-16-7-8-17-33(32)39-37/h2-9,11-25H,10H2,1H3,(H,39,40). The molecule has 0 fully saturated rings. The normalized spacial score (nSPS) is 14.8. The van der Waals surface area contributed by atoms with E-state index in [9.17, 15) is 0 Å². The average Bonchev–Trinajstić information content (AvgIpc) is 3.01. The average molecular weight is 516 g/mol. The van der Waals surface area contributed by atoms with E-state index in [1.165, 1.54) is 21.9 Å². The fourth-order valence-electron chi connectivity index (χ4n) is 5.56. The molecule has 1 N–H and O–H groups in total.